The van der Waals surface area contributed by atoms with E-state index in [2.05, 4.69) is 10.3 Å². The lowest BCUT2D eigenvalue weighted by Crippen LogP contribution is -2.36. The van der Waals surface area contributed by atoms with Gasteiger partial charge in [0.25, 0.3) is 0 Å². The number of hydrogen-bond acceptors (Lipinski definition) is 6. The first kappa shape index (κ1) is 21.7. The Morgan fingerprint density at radius 3 is 2.68 bits per heavy atom. The summed E-state index contributed by atoms with van der Waals surface area (Å²) in [5.41, 5.74) is 3.62. The number of fused-ring (bicyclic) bond motifs is 1. The summed E-state index contributed by atoms with van der Waals surface area (Å²) in [4.78, 5) is 39.8. The van der Waals surface area contributed by atoms with Crippen molar-refractivity contribution in [2.75, 3.05) is 20.2 Å². The third kappa shape index (κ3) is 4.12. The molecule has 0 bridgehead atoms. The number of aromatic nitrogens is 2. The van der Waals surface area contributed by atoms with Crippen molar-refractivity contribution in [2.24, 2.45) is 10.9 Å². The van der Waals surface area contributed by atoms with Gasteiger partial charge in [-0.2, -0.15) is 0 Å². The maximum absolute atomic E-state index is 13.4. The number of piperidine rings is 1. The normalized spacial score (nSPS) is 17.6. The molecule has 1 unspecified atom stereocenters. The van der Waals surface area contributed by atoms with Crippen LogP contribution in [0.15, 0.2) is 77.4 Å². The number of para-hydroxylation sites is 1. The number of amides is 1. The first-order valence-corrected chi connectivity index (χ1v) is 11.3. The van der Waals surface area contributed by atoms with Crippen molar-refractivity contribution in [1.82, 2.24) is 15.3 Å². The largest absolute Gasteiger partial charge is 0.496 e. The number of aliphatic imine (C=N–C) groups is 1. The Bertz CT molecular complexity index is 1330. The van der Waals surface area contributed by atoms with Gasteiger partial charge in [0.1, 0.15) is 5.75 Å². The van der Waals surface area contributed by atoms with Crippen molar-refractivity contribution in [3.8, 4) is 17.1 Å². The summed E-state index contributed by atoms with van der Waals surface area (Å²) >= 11 is 0. The number of carbonyl (C=O) groups is 2. The van der Waals surface area contributed by atoms with Crippen LogP contribution in [0.2, 0.25) is 0 Å². The molecule has 2 aromatic carbocycles. The summed E-state index contributed by atoms with van der Waals surface area (Å²) in [6.07, 6.45) is 5.28. The van der Waals surface area contributed by atoms with Gasteiger partial charge in [0.05, 0.1) is 24.1 Å². The van der Waals surface area contributed by atoms with Gasteiger partial charge in [-0.25, -0.2) is 9.97 Å². The molecule has 1 fully saturated rings. The minimum absolute atomic E-state index is 0.0344. The number of rotatable bonds is 5. The van der Waals surface area contributed by atoms with E-state index in [0.717, 1.165) is 18.4 Å². The van der Waals surface area contributed by atoms with E-state index in [4.69, 9.17) is 14.7 Å². The van der Waals surface area contributed by atoms with Gasteiger partial charge >= 0.3 is 0 Å². The molecule has 5 rings (SSSR count). The molecular weight excluding hydrogens is 428 g/mol. The SMILES string of the molecule is COc1ccccc1C(=O)c1ccccc1-c1nccc(C2=NCCC3CCNC(=O)C3=C2)n1. The fourth-order valence-electron chi connectivity index (χ4n) is 4.46. The lowest BCUT2D eigenvalue weighted by Gasteiger charge is -2.23. The van der Waals surface area contributed by atoms with E-state index in [-0.39, 0.29) is 17.6 Å². The average molecular weight is 453 g/mol. The molecule has 1 amide bonds. The first-order chi connectivity index (χ1) is 16.7. The molecule has 2 aliphatic heterocycles. The number of benzene rings is 2. The van der Waals surface area contributed by atoms with Crippen LogP contribution in [0.3, 0.4) is 0 Å². The molecule has 2 aliphatic rings. The van der Waals surface area contributed by atoms with Gasteiger partial charge in [-0.15, -0.1) is 0 Å². The van der Waals surface area contributed by atoms with Gasteiger partial charge < -0.3 is 10.1 Å². The second-order valence-corrected chi connectivity index (χ2v) is 8.24. The number of nitrogens with one attached hydrogen (secondary N) is 1. The van der Waals surface area contributed by atoms with Gasteiger partial charge in [-0.05, 0) is 43.0 Å². The summed E-state index contributed by atoms with van der Waals surface area (Å²) in [5.74, 6) is 0.948. The maximum atomic E-state index is 13.4. The lowest BCUT2D eigenvalue weighted by atomic mass is 9.88. The number of carbonyl (C=O) groups excluding carboxylic acids is 2. The summed E-state index contributed by atoms with van der Waals surface area (Å²) in [6.45, 7) is 1.33. The van der Waals surface area contributed by atoms with Crippen molar-refractivity contribution >= 4 is 17.4 Å². The van der Waals surface area contributed by atoms with Crippen LogP contribution in [0.5, 0.6) is 5.75 Å². The second kappa shape index (κ2) is 9.39. The van der Waals surface area contributed by atoms with Gasteiger partial charge in [0.15, 0.2) is 11.6 Å². The number of allylic oxidation sites excluding steroid dienone is 1. The van der Waals surface area contributed by atoms with E-state index in [1.54, 1.807) is 37.6 Å². The molecule has 34 heavy (non-hydrogen) atoms. The average Bonchev–Trinajstić information content (AvgIpc) is 3.12. The van der Waals surface area contributed by atoms with Crippen molar-refractivity contribution in [3.05, 3.63) is 89.3 Å². The minimum atomic E-state index is -0.169. The van der Waals surface area contributed by atoms with E-state index in [0.29, 0.717) is 52.8 Å². The highest BCUT2D eigenvalue weighted by molar-refractivity contribution is 6.14. The molecule has 1 N–H and O–H groups in total. The molecule has 0 spiro atoms. The maximum Gasteiger partial charge on any atom is 0.247 e. The zero-order valence-electron chi connectivity index (χ0n) is 18.8. The summed E-state index contributed by atoms with van der Waals surface area (Å²) < 4.78 is 5.39. The van der Waals surface area contributed by atoms with Crippen molar-refractivity contribution in [2.45, 2.75) is 12.8 Å². The Morgan fingerprint density at radius 2 is 1.82 bits per heavy atom. The topological polar surface area (TPSA) is 93.5 Å². The fourth-order valence-corrected chi connectivity index (χ4v) is 4.46. The quantitative estimate of drug-likeness (QED) is 0.597. The zero-order valence-corrected chi connectivity index (χ0v) is 18.8. The molecule has 170 valence electrons. The molecule has 3 aromatic rings. The summed E-state index contributed by atoms with van der Waals surface area (Å²) in [6, 6.07) is 16.2. The van der Waals surface area contributed by atoms with Crippen LogP contribution in [0, 0.1) is 5.92 Å². The number of ketones is 1. The Hall–Kier alpha value is -4.13. The van der Waals surface area contributed by atoms with Crippen LogP contribution in [0.1, 0.15) is 34.5 Å². The van der Waals surface area contributed by atoms with Crippen LogP contribution >= 0.6 is 0 Å². The van der Waals surface area contributed by atoms with Crippen LogP contribution in [-0.4, -0.2) is 47.6 Å². The van der Waals surface area contributed by atoms with E-state index in [1.807, 2.05) is 36.4 Å². The molecule has 3 heterocycles. The molecule has 7 heteroatoms. The van der Waals surface area contributed by atoms with Gasteiger partial charge in [0, 0.05) is 36.0 Å². The monoisotopic (exact) mass is 452 g/mol. The molecule has 7 nitrogen and oxygen atoms in total. The molecule has 0 aliphatic carbocycles. The van der Waals surface area contributed by atoms with Crippen molar-refractivity contribution in [3.63, 3.8) is 0 Å². The van der Waals surface area contributed by atoms with Crippen molar-refractivity contribution < 1.29 is 14.3 Å². The third-order valence-corrected chi connectivity index (χ3v) is 6.21. The summed E-state index contributed by atoms with van der Waals surface area (Å²) in [7, 11) is 1.55. The standard InChI is InChI=1S/C27H24N4O3/c1-34-24-9-5-4-8-20(24)25(32)18-6-2-3-7-19(18)26-29-15-12-22(31-26)23-16-21-17(10-13-28-23)11-14-30-27(21)33/h2-9,12,15-17H,10-11,13-14H2,1H3,(H,30,33). The van der Waals surface area contributed by atoms with Crippen LogP contribution in [0.25, 0.3) is 11.4 Å². The number of methoxy groups -OCH3 is 1. The Labute approximate surface area is 197 Å². The summed E-state index contributed by atoms with van der Waals surface area (Å²) in [5, 5.41) is 2.92. The number of ether oxygens (including phenoxy) is 1. The second-order valence-electron chi connectivity index (χ2n) is 8.24. The Balaban J connectivity index is 1.54. The Kier molecular flexibility index (Phi) is 5.99. The molecule has 1 saturated heterocycles. The highest BCUT2D eigenvalue weighted by atomic mass is 16.5. The van der Waals surface area contributed by atoms with Crippen LogP contribution < -0.4 is 10.1 Å². The van der Waals surface area contributed by atoms with Gasteiger partial charge in [0.2, 0.25) is 5.91 Å². The fraction of sp³-hybridized carbons (Fsp3) is 0.222. The lowest BCUT2D eigenvalue weighted by molar-refractivity contribution is -0.119. The molecule has 0 radical (unpaired) electrons. The van der Waals surface area contributed by atoms with Crippen LogP contribution in [-0.2, 0) is 4.79 Å². The number of nitrogens with zero attached hydrogens (tertiary/aromatic N) is 3. The van der Waals surface area contributed by atoms with E-state index >= 15 is 0 Å². The van der Waals surface area contributed by atoms with Gasteiger partial charge in [-0.1, -0.05) is 36.4 Å². The number of hydrogen-bond donors (Lipinski definition) is 1. The Morgan fingerprint density at radius 1 is 1.03 bits per heavy atom. The smallest absolute Gasteiger partial charge is 0.247 e. The molecule has 1 aromatic heterocycles. The van der Waals surface area contributed by atoms with Crippen LogP contribution in [0.4, 0.5) is 0 Å². The highest BCUT2D eigenvalue weighted by Crippen LogP contribution is 2.28. The molecule has 1 atom stereocenters. The molecule has 0 saturated carbocycles. The van der Waals surface area contributed by atoms with E-state index < -0.39 is 0 Å². The molecular formula is C27H24N4O3. The predicted octanol–water partition coefficient (Wildman–Crippen LogP) is 3.64. The highest BCUT2D eigenvalue weighted by Gasteiger charge is 2.27. The third-order valence-electron chi connectivity index (χ3n) is 6.21. The first-order valence-electron chi connectivity index (χ1n) is 11.3. The predicted molar refractivity (Wildman–Crippen MR) is 129 cm³/mol. The van der Waals surface area contributed by atoms with Crippen molar-refractivity contribution in [1.29, 1.82) is 0 Å². The van der Waals surface area contributed by atoms with Gasteiger partial charge in [-0.3, -0.25) is 14.6 Å². The van der Waals surface area contributed by atoms with E-state index in [1.165, 1.54) is 0 Å². The van der Waals surface area contributed by atoms with E-state index in [9.17, 15) is 9.59 Å². The minimum Gasteiger partial charge on any atom is -0.496 e. The zero-order chi connectivity index (χ0) is 23.5.